The first-order valence-electron chi connectivity index (χ1n) is 6.41. The Labute approximate surface area is 128 Å². The van der Waals surface area contributed by atoms with Gasteiger partial charge in [-0.15, -0.1) is 24.8 Å². The Hall–Kier alpha value is -0.0700. The quantitative estimate of drug-likeness (QED) is 0.700. The third-order valence-corrected chi connectivity index (χ3v) is 3.15. The van der Waals surface area contributed by atoms with Crippen LogP contribution in [0.3, 0.4) is 0 Å². The zero-order valence-corrected chi connectivity index (χ0v) is 13.5. The van der Waals surface area contributed by atoms with Crippen molar-refractivity contribution < 1.29 is 9.53 Å². The fraction of sp³-hybridized carbons (Fsp3) is 0.917. The van der Waals surface area contributed by atoms with E-state index in [4.69, 9.17) is 4.74 Å². The maximum absolute atomic E-state index is 11.8. The van der Waals surface area contributed by atoms with Crippen molar-refractivity contribution >= 4 is 30.7 Å². The number of methoxy groups -OCH3 is 1. The van der Waals surface area contributed by atoms with Gasteiger partial charge in [0.05, 0.1) is 6.61 Å². The number of rotatable bonds is 7. The second-order valence-corrected chi connectivity index (χ2v) is 4.42. The van der Waals surface area contributed by atoms with Crippen molar-refractivity contribution in [2.75, 3.05) is 60.0 Å². The van der Waals surface area contributed by atoms with Gasteiger partial charge in [0.25, 0.3) is 0 Å². The molecular weight excluding hydrogens is 289 g/mol. The third-order valence-electron chi connectivity index (χ3n) is 3.15. The highest BCUT2D eigenvalue weighted by molar-refractivity contribution is 5.85. The molecule has 7 heteroatoms. The van der Waals surface area contributed by atoms with E-state index in [2.05, 4.69) is 10.2 Å². The van der Waals surface area contributed by atoms with E-state index in [1.54, 1.807) is 7.11 Å². The summed E-state index contributed by atoms with van der Waals surface area (Å²) in [5.74, 6) is 0.298. The van der Waals surface area contributed by atoms with E-state index in [1.165, 1.54) is 0 Å². The molecule has 0 aromatic heterocycles. The Balaban J connectivity index is 0. The minimum Gasteiger partial charge on any atom is -0.383 e. The van der Waals surface area contributed by atoms with Crippen molar-refractivity contribution in [3.63, 3.8) is 0 Å². The number of hydrogen-bond acceptors (Lipinski definition) is 4. The number of nitrogens with one attached hydrogen (secondary N) is 1. The molecule has 1 N–H and O–H groups in total. The minimum absolute atomic E-state index is 0. The van der Waals surface area contributed by atoms with E-state index >= 15 is 0 Å². The van der Waals surface area contributed by atoms with Gasteiger partial charge in [0, 0.05) is 46.3 Å². The van der Waals surface area contributed by atoms with E-state index in [0.29, 0.717) is 12.3 Å². The normalized spacial score (nSPS) is 15.6. The van der Waals surface area contributed by atoms with Crippen LogP contribution in [0.1, 0.15) is 12.8 Å². The van der Waals surface area contributed by atoms with E-state index in [0.717, 1.165) is 52.3 Å². The average Bonchev–Trinajstić information content (AvgIpc) is 2.37. The zero-order valence-electron chi connectivity index (χ0n) is 11.9. The lowest BCUT2D eigenvalue weighted by Gasteiger charge is -2.34. The molecule has 0 bridgehead atoms. The lowest BCUT2D eigenvalue weighted by Crippen LogP contribution is -2.49. The van der Waals surface area contributed by atoms with Gasteiger partial charge in [0.2, 0.25) is 5.91 Å². The van der Waals surface area contributed by atoms with Crippen LogP contribution in [-0.4, -0.2) is 75.7 Å². The van der Waals surface area contributed by atoms with Gasteiger partial charge >= 0.3 is 0 Å². The first-order valence-corrected chi connectivity index (χ1v) is 6.41. The van der Waals surface area contributed by atoms with Gasteiger partial charge in [-0.1, -0.05) is 0 Å². The summed E-state index contributed by atoms with van der Waals surface area (Å²) in [6.07, 6.45) is 1.60. The molecule has 1 amide bonds. The molecule has 5 nitrogen and oxygen atoms in total. The van der Waals surface area contributed by atoms with Gasteiger partial charge in [0.15, 0.2) is 0 Å². The molecule has 1 fully saturated rings. The maximum atomic E-state index is 11.8. The monoisotopic (exact) mass is 315 g/mol. The lowest BCUT2D eigenvalue weighted by molar-refractivity contribution is -0.133. The van der Waals surface area contributed by atoms with Crippen molar-refractivity contribution in [2.45, 2.75) is 12.8 Å². The second-order valence-electron chi connectivity index (χ2n) is 4.42. The maximum Gasteiger partial charge on any atom is 0.222 e. The van der Waals surface area contributed by atoms with Crippen molar-refractivity contribution in [3.05, 3.63) is 0 Å². The topological polar surface area (TPSA) is 44.8 Å². The summed E-state index contributed by atoms with van der Waals surface area (Å²) >= 11 is 0. The number of nitrogens with zero attached hydrogens (tertiary/aromatic N) is 2. The molecule has 116 valence electrons. The van der Waals surface area contributed by atoms with Crippen molar-refractivity contribution in [1.29, 1.82) is 0 Å². The molecule has 1 rings (SSSR count). The number of ether oxygens (including phenoxy) is 1. The zero-order chi connectivity index (χ0) is 12.5. The summed E-state index contributed by atoms with van der Waals surface area (Å²) in [5, 5.41) is 3.06. The number of carbonyl (C=O) groups excluding carboxylic acids is 1. The number of carbonyl (C=O) groups is 1. The van der Waals surface area contributed by atoms with Crippen LogP contribution in [0, 0.1) is 0 Å². The molecule has 0 atom stereocenters. The Morgan fingerprint density at radius 1 is 1.21 bits per heavy atom. The summed E-state index contributed by atoms with van der Waals surface area (Å²) in [6.45, 7) is 6.33. The van der Waals surface area contributed by atoms with Crippen molar-refractivity contribution in [1.82, 2.24) is 15.1 Å². The van der Waals surface area contributed by atoms with Gasteiger partial charge in [-0.2, -0.15) is 0 Å². The van der Waals surface area contributed by atoms with E-state index < -0.39 is 0 Å². The van der Waals surface area contributed by atoms with Crippen LogP contribution < -0.4 is 5.32 Å². The Morgan fingerprint density at radius 2 is 1.84 bits per heavy atom. The van der Waals surface area contributed by atoms with Gasteiger partial charge in [-0.05, 0) is 20.0 Å². The molecule has 1 aliphatic heterocycles. The summed E-state index contributed by atoms with van der Waals surface area (Å²) < 4.78 is 5.06. The van der Waals surface area contributed by atoms with Crippen LogP contribution in [-0.2, 0) is 9.53 Å². The molecule has 0 unspecified atom stereocenters. The molecule has 1 aliphatic rings. The molecule has 0 aromatic rings. The standard InChI is InChI=1S/C12H25N3O2.2ClH/c1-13-5-3-4-12(16)15-8-6-14(7-9-15)10-11-17-2;;/h13H,3-11H2,1-2H3;2*1H. The number of piperazine rings is 1. The van der Waals surface area contributed by atoms with Crippen LogP contribution in [0.25, 0.3) is 0 Å². The first kappa shape index (κ1) is 21.2. The first-order chi connectivity index (χ1) is 8.27. The van der Waals surface area contributed by atoms with Crippen LogP contribution in [0.2, 0.25) is 0 Å². The number of hydrogen-bond donors (Lipinski definition) is 1. The SMILES string of the molecule is CNCCCC(=O)N1CCN(CCOC)CC1.Cl.Cl. The van der Waals surface area contributed by atoms with Crippen LogP contribution in [0.5, 0.6) is 0 Å². The molecule has 19 heavy (non-hydrogen) atoms. The Kier molecular flexibility index (Phi) is 14.5. The molecule has 0 aliphatic carbocycles. The van der Waals surface area contributed by atoms with Gasteiger partial charge < -0.3 is 15.0 Å². The van der Waals surface area contributed by atoms with Crippen molar-refractivity contribution in [3.8, 4) is 0 Å². The third kappa shape index (κ3) is 8.65. The average molecular weight is 316 g/mol. The molecule has 0 saturated carbocycles. The minimum atomic E-state index is 0. The fourth-order valence-electron chi connectivity index (χ4n) is 2.02. The Bertz CT molecular complexity index is 225. The van der Waals surface area contributed by atoms with Gasteiger partial charge in [-0.3, -0.25) is 9.69 Å². The highest BCUT2D eigenvalue weighted by Gasteiger charge is 2.19. The smallest absolute Gasteiger partial charge is 0.222 e. The van der Waals surface area contributed by atoms with E-state index in [9.17, 15) is 4.79 Å². The van der Waals surface area contributed by atoms with Crippen molar-refractivity contribution in [2.24, 2.45) is 0 Å². The number of halogens is 2. The molecule has 0 aromatic carbocycles. The molecular formula is C12H27Cl2N3O2. The molecule has 0 spiro atoms. The van der Waals surface area contributed by atoms with E-state index in [1.807, 2.05) is 11.9 Å². The highest BCUT2D eigenvalue weighted by atomic mass is 35.5. The second kappa shape index (κ2) is 12.9. The highest BCUT2D eigenvalue weighted by Crippen LogP contribution is 2.04. The van der Waals surface area contributed by atoms with Gasteiger partial charge in [0.1, 0.15) is 0 Å². The summed E-state index contributed by atoms with van der Waals surface area (Å²) in [6, 6.07) is 0. The van der Waals surface area contributed by atoms with E-state index in [-0.39, 0.29) is 24.8 Å². The number of amides is 1. The van der Waals surface area contributed by atoms with Crippen LogP contribution in [0.4, 0.5) is 0 Å². The largest absolute Gasteiger partial charge is 0.383 e. The molecule has 1 heterocycles. The Morgan fingerprint density at radius 3 is 2.37 bits per heavy atom. The summed E-state index contributed by atoms with van der Waals surface area (Å²) in [7, 11) is 3.64. The lowest BCUT2D eigenvalue weighted by atomic mass is 10.2. The summed E-state index contributed by atoms with van der Waals surface area (Å²) in [4.78, 5) is 16.2. The predicted octanol–water partition coefficient (Wildman–Crippen LogP) is 0.620. The predicted molar refractivity (Wildman–Crippen MR) is 82.6 cm³/mol. The van der Waals surface area contributed by atoms with Crippen LogP contribution >= 0.6 is 24.8 Å². The van der Waals surface area contributed by atoms with Gasteiger partial charge in [-0.25, -0.2) is 0 Å². The molecule has 0 radical (unpaired) electrons. The van der Waals surface area contributed by atoms with Crippen LogP contribution in [0.15, 0.2) is 0 Å². The fourth-order valence-corrected chi connectivity index (χ4v) is 2.02. The summed E-state index contributed by atoms with van der Waals surface area (Å²) in [5.41, 5.74) is 0. The molecule has 1 saturated heterocycles.